The van der Waals surface area contributed by atoms with Gasteiger partial charge >= 0.3 is 0 Å². The first-order chi connectivity index (χ1) is 14.6. The second kappa shape index (κ2) is 10.8. The Kier molecular flexibility index (Phi) is 7.85. The third-order valence-corrected chi connectivity index (χ3v) is 5.55. The average molecular weight is 410 g/mol. The molecule has 6 heteroatoms. The fourth-order valence-corrected chi connectivity index (χ4v) is 3.89. The van der Waals surface area contributed by atoms with Crippen molar-refractivity contribution in [3.8, 4) is 5.75 Å². The van der Waals surface area contributed by atoms with Crippen molar-refractivity contribution in [2.24, 2.45) is 0 Å². The van der Waals surface area contributed by atoms with Gasteiger partial charge in [0.2, 0.25) is 5.91 Å². The van der Waals surface area contributed by atoms with Gasteiger partial charge in [0.15, 0.2) is 6.61 Å². The van der Waals surface area contributed by atoms with E-state index in [1.54, 1.807) is 4.90 Å². The fraction of sp³-hybridized carbons (Fsp3) is 0.417. The van der Waals surface area contributed by atoms with Crippen LogP contribution in [0.3, 0.4) is 0 Å². The molecule has 1 aliphatic rings. The first kappa shape index (κ1) is 21.8. The van der Waals surface area contributed by atoms with Gasteiger partial charge in [-0.1, -0.05) is 56.3 Å². The molecule has 6 nitrogen and oxygen atoms in total. The Labute approximate surface area is 178 Å². The normalized spacial score (nSPS) is 14.2. The molecular weight excluding hydrogens is 378 g/mol. The van der Waals surface area contributed by atoms with Crippen molar-refractivity contribution in [2.75, 3.05) is 37.7 Å². The van der Waals surface area contributed by atoms with E-state index in [0.717, 1.165) is 25.2 Å². The van der Waals surface area contributed by atoms with Crippen LogP contribution in [0.4, 0.5) is 5.69 Å². The van der Waals surface area contributed by atoms with Crippen molar-refractivity contribution < 1.29 is 14.3 Å². The SMILES string of the molecule is CCN(CC)C(CNC(=O)CCN1C(=O)COc2ccccc21)Cc1ccccc1. The molecule has 0 aromatic heterocycles. The number of rotatable bonds is 10. The minimum Gasteiger partial charge on any atom is -0.482 e. The summed E-state index contributed by atoms with van der Waals surface area (Å²) < 4.78 is 5.46. The number of likely N-dealkylation sites (N-methyl/N-ethyl adjacent to an activating group) is 1. The van der Waals surface area contributed by atoms with Crippen molar-refractivity contribution >= 4 is 17.5 Å². The van der Waals surface area contributed by atoms with Gasteiger partial charge in [-0.2, -0.15) is 0 Å². The van der Waals surface area contributed by atoms with E-state index in [0.29, 0.717) is 18.8 Å². The third-order valence-electron chi connectivity index (χ3n) is 5.55. The van der Waals surface area contributed by atoms with Gasteiger partial charge in [-0.25, -0.2) is 0 Å². The second-order valence-corrected chi connectivity index (χ2v) is 7.42. The second-order valence-electron chi connectivity index (χ2n) is 7.42. The van der Waals surface area contributed by atoms with E-state index >= 15 is 0 Å². The highest BCUT2D eigenvalue weighted by atomic mass is 16.5. The van der Waals surface area contributed by atoms with Crippen LogP contribution in [0.2, 0.25) is 0 Å². The van der Waals surface area contributed by atoms with Crippen LogP contribution in [0.15, 0.2) is 54.6 Å². The number of carbonyl (C=O) groups is 2. The predicted molar refractivity (Wildman–Crippen MR) is 119 cm³/mol. The molecule has 2 aromatic carbocycles. The van der Waals surface area contributed by atoms with Gasteiger partial charge in [0, 0.05) is 25.6 Å². The van der Waals surface area contributed by atoms with Crippen LogP contribution < -0.4 is 15.0 Å². The summed E-state index contributed by atoms with van der Waals surface area (Å²) in [6.07, 6.45) is 1.15. The Morgan fingerprint density at radius 1 is 1.10 bits per heavy atom. The third kappa shape index (κ3) is 5.60. The number of benzene rings is 2. The number of amides is 2. The molecule has 1 atom stereocenters. The van der Waals surface area contributed by atoms with Crippen molar-refractivity contribution in [3.63, 3.8) is 0 Å². The Morgan fingerprint density at radius 2 is 1.80 bits per heavy atom. The number of carbonyl (C=O) groups excluding carboxylic acids is 2. The molecular formula is C24H31N3O3. The summed E-state index contributed by atoms with van der Waals surface area (Å²) >= 11 is 0. The lowest BCUT2D eigenvalue weighted by atomic mass is 10.0. The van der Waals surface area contributed by atoms with Gasteiger partial charge in [0.25, 0.3) is 5.91 Å². The molecule has 2 amide bonds. The molecule has 0 radical (unpaired) electrons. The molecule has 0 bridgehead atoms. The maximum absolute atomic E-state index is 12.6. The Bertz CT molecular complexity index is 837. The molecule has 1 N–H and O–H groups in total. The molecule has 1 aliphatic heterocycles. The van der Waals surface area contributed by atoms with E-state index in [-0.39, 0.29) is 30.9 Å². The summed E-state index contributed by atoms with van der Waals surface area (Å²) in [6, 6.07) is 18.0. The van der Waals surface area contributed by atoms with Crippen LogP contribution in [0.1, 0.15) is 25.8 Å². The number of nitrogens with zero attached hydrogens (tertiary/aromatic N) is 2. The molecule has 1 unspecified atom stereocenters. The first-order valence-corrected chi connectivity index (χ1v) is 10.7. The molecule has 0 spiro atoms. The lowest BCUT2D eigenvalue weighted by Crippen LogP contribution is -2.46. The van der Waals surface area contributed by atoms with E-state index in [2.05, 4.69) is 36.2 Å². The Morgan fingerprint density at radius 3 is 2.53 bits per heavy atom. The molecule has 0 saturated carbocycles. The molecule has 0 fully saturated rings. The number of anilines is 1. The van der Waals surface area contributed by atoms with Gasteiger partial charge in [0.1, 0.15) is 5.75 Å². The zero-order valence-corrected chi connectivity index (χ0v) is 17.8. The molecule has 0 aliphatic carbocycles. The Balaban J connectivity index is 1.56. The quantitative estimate of drug-likeness (QED) is 0.656. The van der Waals surface area contributed by atoms with E-state index < -0.39 is 0 Å². The first-order valence-electron chi connectivity index (χ1n) is 10.7. The summed E-state index contributed by atoms with van der Waals surface area (Å²) in [5.41, 5.74) is 1.99. The summed E-state index contributed by atoms with van der Waals surface area (Å²) in [6.45, 7) is 7.10. The van der Waals surface area contributed by atoms with Crippen molar-refractivity contribution in [2.45, 2.75) is 32.7 Å². The maximum Gasteiger partial charge on any atom is 0.265 e. The Hall–Kier alpha value is -2.86. The van der Waals surface area contributed by atoms with Gasteiger partial charge < -0.3 is 15.0 Å². The molecule has 0 saturated heterocycles. The molecule has 30 heavy (non-hydrogen) atoms. The zero-order valence-electron chi connectivity index (χ0n) is 17.8. The summed E-state index contributed by atoms with van der Waals surface area (Å²) in [7, 11) is 0. The highest BCUT2D eigenvalue weighted by Gasteiger charge is 2.25. The lowest BCUT2D eigenvalue weighted by Gasteiger charge is -2.31. The van der Waals surface area contributed by atoms with Crippen LogP contribution in [0.25, 0.3) is 0 Å². The number of hydrogen-bond donors (Lipinski definition) is 1. The fourth-order valence-electron chi connectivity index (χ4n) is 3.89. The number of ether oxygens (including phenoxy) is 1. The monoisotopic (exact) mass is 409 g/mol. The number of nitrogens with one attached hydrogen (secondary N) is 1. The van der Waals surface area contributed by atoms with E-state index in [4.69, 9.17) is 4.74 Å². The van der Waals surface area contributed by atoms with Crippen LogP contribution >= 0.6 is 0 Å². The smallest absolute Gasteiger partial charge is 0.265 e. The predicted octanol–water partition coefficient (Wildman–Crippen LogP) is 2.87. The largest absolute Gasteiger partial charge is 0.482 e. The van der Waals surface area contributed by atoms with Crippen LogP contribution in [-0.2, 0) is 16.0 Å². The van der Waals surface area contributed by atoms with Crippen LogP contribution in [0, 0.1) is 0 Å². The van der Waals surface area contributed by atoms with Crippen LogP contribution in [0.5, 0.6) is 5.75 Å². The van der Waals surface area contributed by atoms with Gasteiger partial charge in [-0.05, 0) is 37.2 Å². The van der Waals surface area contributed by atoms with Crippen LogP contribution in [-0.4, -0.2) is 55.5 Å². The summed E-state index contributed by atoms with van der Waals surface area (Å²) in [5.74, 6) is 0.519. The average Bonchev–Trinajstić information content (AvgIpc) is 2.78. The molecule has 160 valence electrons. The van der Waals surface area contributed by atoms with E-state index in [1.807, 2.05) is 42.5 Å². The zero-order chi connectivity index (χ0) is 21.3. The summed E-state index contributed by atoms with van der Waals surface area (Å²) in [5, 5.41) is 3.08. The molecule has 1 heterocycles. The maximum atomic E-state index is 12.6. The minimum atomic E-state index is -0.119. The van der Waals surface area contributed by atoms with Gasteiger partial charge in [-0.15, -0.1) is 0 Å². The highest BCUT2D eigenvalue weighted by molar-refractivity contribution is 5.98. The summed E-state index contributed by atoms with van der Waals surface area (Å²) in [4.78, 5) is 28.8. The lowest BCUT2D eigenvalue weighted by molar-refractivity contribution is -0.122. The number of fused-ring (bicyclic) bond motifs is 1. The highest BCUT2D eigenvalue weighted by Crippen LogP contribution is 2.31. The van der Waals surface area contributed by atoms with Crippen molar-refractivity contribution in [3.05, 3.63) is 60.2 Å². The topological polar surface area (TPSA) is 61.9 Å². The van der Waals surface area contributed by atoms with Crippen molar-refractivity contribution in [1.82, 2.24) is 10.2 Å². The minimum absolute atomic E-state index is 0.0136. The standard InChI is InChI=1S/C24H31N3O3/c1-3-26(4-2)20(16-19-10-6-5-7-11-19)17-25-23(28)14-15-27-21-12-8-9-13-22(21)30-18-24(27)29/h5-13,20H,3-4,14-18H2,1-2H3,(H,25,28). The van der Waals surface area contributed by atoms with Gasteiger partial charge in [0.05, 0.1) is 5.69 Å². The molecule has 3 rings (SSSR count). The van der Waals surface area contributed by atoms with Gasteiger partial charge in [-0.3, -0.25) is 14.5 Å². The van der Waals surface area contributed by atoms with Crippen molar-refractivity contribution in [1.29, 1.82) is 0 Å². The molecule has 2 aromatic rings. The van der Waals surface area contributed by atoms with E-state index in [1.165, 1.54) is 5.56 Å². The number of para-hydroxylation sites is 2. The number of hydrogen-bond acceptors (Lipinski definition) is 4. The van der Waals surface area contributed by atoms with E-state index in [9.17, 15) is 9.59 Å².